The summed E-state index contributed by atoms with van der Waals surface area (Å²) < 4.78 is 32.6. The van der Waals surface area contributed by atoms with Crippen LogP contribution in [0.15, 0.2) is 18.2 Å². The molecule has 7 heteroatoms. The second kappa shape index (κ2) is 7.11. The second-order valence-corrected chi connectivity index (χ2v) is 5.80. The summed E-state index contributed by atoms with van der Waals surface area (Å²) in [6.07, 6.45) is 5.32. The Hall–Kier alpha value is -2.04. The zero-order valence-electron chi connectivity index (χ0n) is 12.2. The quantitative estimate of drug-likeness (QED) is 0.637. The zero-order valence-corrected chi connectivity index (χ0v) is 13.0. The van der Waals surface area contributed by atoms with Crippen LogP contribution in [0, 0.1) is 12.3 Å². The highest BCUT2D eigenvalue weighted by Crippen LogP contribution is 2.18. The number of hydrogen-bond acceptors (Lipinski definition) is 4. The van der Waals surface area contributed by atoms with Crippen LogP contribution in [-0.4, -0.2) is 38.9 Å². The van der Waals surface area contributed by atoms with Gasteiger partial charge in [0.25, 0.3) is 0 Å². The maximum absolute atomic E-state index is 12.2. The van der Waals surface area contributed by atoms with Crippen LogP contribution < -0.4 is 4.72 Å². The highest BCUT2D eigenvalue weighted by atomic mass is 32.2. The minimum absolute atomic E-state index is 0.185. The summed E-state index contributed by atoms with van der Waals surface area (Å²) in [5.74, 6) is 1.79. The lowest BCUT2D eigenvalue weighted by Crippen LogP contribution is -2.35. The SMILES string of the molecule is C#Cc1cc(NS(=O)(=O)N(CC)CC)cc(C(=O)OC)c1. The van der Waals surface area contributed by atoms with Gasteiger partial charge in [0.2, 0.25) is 0 Å². The van der Waals surface area contributed by atoms with Gasteiger partial charge < -0.3 is 4.74 Å². The van der Waals surface area contributed by atoms with Gasteiger partial charge in [-0.15, -0.1) is 6.42 Å². The van der Waals surface area contributed by atoms with E-state index >= 15 is 0 Å². The number of terminal acetylenes is 1. The molecule has 0 aliphatic carbocycles. The molecule has 0 aromatic heterocycles. The maximum atomic E-state index is 12.2. The molecule has 0 radical (unpaired) electrons. The molecule has 1 aromatic rings. The molecule has 1 rings (SSSR count). The van der Waals surface area contributed by atoms with Gasteiger partial charge in [0.1, 0.15) is 0 Å². The van der Waals surface area contributed by atoms with Crippen LogP contribution in [0.25, 0.3) is 0 Å². The molecule has 114 valence electrons. The standard InChI is InChI=1S/C14H18N2O4S/c1-5-11-8-12(14(17)20-4)10-13(9-11)15-21(18,19)16(6-2)7-3/h1,8-10,15H,6-7H2,2-4H3. The number of carbonyl (C=O) groups is 1. The fourth-order valence-corrected chi connectivity index (χ4v) is 3.01. The average molecular weight is 310 g/mol. The predicted molar refractivity (Wildman–Crippen MR) is 81.2 cm³/mol. The van der Waals surface area contributed by atoms with Gasteiger partial charge in [-0.05, 0) is 18.2 Å². The number of nitrogens with zero attached hydrogens (tertiary/aromatic N) is 1. The van der Waals surface area contributed by atoms with E-state index in [-0.39, 0.29) is 11.3 Å². The third-order valence-electron chi connectivity index (χ3n) is 2.81. The Balaban J connectivity index is 3.20. The molecule has 0 aliphatic rings. The summed E-state index contributed by atoms with van der Waals surface area (Å²) in [7, 11) is -2.45. The average Bonchev–Trinajstić information content (AvgIpc) is 2.46. The van der Waals surface area contributed by atoms with Crippen LogP contribution >= 0.6 is 0 Å². The monoisotopic (exact) mass is 310 g/mol. The number of anilines is 1. The third kappa shape index (κ3) is 4.21. The Labute approximate surface area is 125 Å². The van der Waals surface area contributed by atoms with Crippen molar-refractivity contribution in [3.05, 3.63) is 29.3 Å². The van der Waals surface area contributed by atoms with Crippen molar-refractivity contribution in [2.75, 3.05) is 24.9 Å². The van der Waals surface area contributed by atoms with Crippen LogP contribution in [0.4, 0.5) is 5.69 Å². The van der Waals surface area contributed by atoms with Crippen molar-refractivity contribution >= 4 is 21.9 Å². The van der Waals surface area contributed by atoms with Gasteiger partial charge in [-0.3, -0.25) is 4.72 Å². The van der Waals surface area contributed by atoms with E-state index in [1.165, 1.54) is 29.6 Å². The largest absolute Gasteiger partial charge is 0.465 e. The molecule has 0 saturated carbocycles. The molecule has 0 fully saturated rings. The van der Waals surface area contributed by atoms with Crippen LogP contribution in [-0.2, 0) is 14.9 Å². The number of methoxy groups -OCH3 is 1. The molecule has 0 amide bonds. The highest BCUT2D eigenvalue weighted by molar-refractivity contribution is 7.90. The Bertz CT molecular complexity index is 658. The van der Waals surface area contributed by atoms with Crippen molar-refractivity contribution < 1.29 is 17.9 Å². The predicted octanol–water partition coefficient (Wildman–Crippen LogP) is 1.45. The Kier molecular flexibility index (Phi) is 5.76. The third-order valence-corrected chi connectivity index (χ3v) is 4.50. The minimum Gasteiger partial charge on any atom is -0.465 e. The van der Waals surface area contributed by atoms with Crippen molar-refractivity contribution in [1.82, 2.24) is 4.31 Å². The van der Waals surface area contributed by atoms with Crippen molar-refractivity contribution in [2.45, 2.75) is 13.8 Å². The van der Waals surface area contributed by atoms with E-state index in [2.05, 4.69) is 15.4 Å². The fraction of sp³-hybridized carbons (Fsp3) is 0.357. The van der Waals surface area contributed by atoms with Gasteiger partial charge >= 0.3 is 16.2 Å². The maximum Gasteiger partial charge on any atom is 0.337 e. The number of hydrogen-bond donors (Lipinski definition) is 1. The molecule has 0 heterocycles. The highest BCUT2D eigenvalue weighted by Gasteiger charge is 2.19. The number of carbonyl (C=O) groups excluding carboxylic acids is 1. The number of benzene rings is 1. The summed E-state index contributed by atoms with van der Waals surface area (Å²) in [6, 6.07) is 4.32. The molecule has 0 unspecified atom stereocenters. The van der Waals surface area contributed by atoms with E-state index < -0.39 is 16.2 Å². The van der Waals surface area contributed by atoms with Crippen LogP contribution in [0.1, 0.15) is 29.8 Å². The lowest BCUT2D eigenvalue weighted by Gasteiger charge is -2.19. The molecular formula is C14H18N2O4S. The molecule has 0 spiro atoms. The first-order valence-corrected chi connectivity index (χ1v) is 7.79. The molecule has 6 nitrogen and oxygen atoms in total. The van der Waals surface area contributed by atoms with E-state index in [1.807, 2.05) is 0 Å². The van der Waals surface area contributed by atoms with Crippen molar-refractivity contribution in [2.24, 2.45) is 0 Å². The first-order valence-electron chi connectivity index (χ1n) is 6.35. The summed E-state index contributed by atoms with van der Waals surface area (Å²) in [5, 5.41) is 0. The van der Waals surface area contributed by atoms with E-state index in [0.717, 1.165) is 0 Å². The van der Waals surface area contributed by atoms with Crippen LogP contribution in [0.3, 0.4) is 0 Å². The van der Waals surface area contributed by atoms with Gasteiger partial charge in [0, 0.05) is 18.7 Å². The first-order chi connectivity index (χ1) is 9.87. The van der Waals surface area contributed by atoms with Crippen molar-refractivity contribution in [1.29, 1.82) is 0 Å². The molecule has 1 N–H and O–H groups in total. The normalized spacial score (nSPS) is 11.0. The lowest BCUT2D eigenvalue weighted by molar-refractivity contribution is 0.0600. The topological polar surface area (TPSA) is 75.7 Å². The van der Waals surface area contributed by atoms with Crippen LogP contribution in [0.5, 0.6) is 0 Å². The molecule has 0 saturated heterocycles. The summed E-state index contributed by atoms with van der Waals surface area (Å²) in [4.78, 5) is 11.6. The van der Waals surface area contributed by atoms with Crippen molar-refractivity contribution in [3.63, 3.8) is 0 Å². The van der Waals surface area contributed by atoms with Gasteiger partial charge in [-0.2, -0.15) is 12.7 Å². The molecule has 0 atom stereocenters. The Morgan fingerprint density at radius 3 is 2.43 bits per heavy atom. The summed E-state index contributed by atoms with van der Waals surface area (Å²) >= 11 is 0. The summed E-state index contributed by atoms with van der Waals surface area (Å²) in [5.41, 5.74) is 0.790. The summed E-state index contributed by atoms with van der Waals surface area (Å²) in [6.45, 7) is 4.15. The molecule has 0 bridgehead atoms. The number of esters is 1. The number of ether oxygens (including phenoxy) is 1. The Morgan fingerprint density at radius 2 is 1.95 bits per heavy atom. The smallest absolute Gasteiger partial charge is 0.337 e. The molecule has 21 heavy (non-hydrogen) atoms. The number of nitrogens with one attached hydrogen (secondary N) is 1. The molecule has 0 aliphatic heterocycles. The van der Waals surface area contributed by atoms with Crippen molar-refractivity contribution in [3.8, 4) is 12.3 Å². The van der Waals surface area contributed by atoms with E-state index in [9.17, 15) is 13.2 Å². The first kappa shape index (κ1) is 17.0. The Morgan fingerprint density at radius 1 is 1.33 bits per heavy atom. The molecule has 1 aromatic carbocycles. The van der Waals surface area contributed by atoms with E-state index in [4.69, 9.17) is 6.42 Å². The van der Waals surface area contributed by atoms with E-state index in [0.29, 0.717) is 18.7 Å². The zero-order chi connectivity index (χ0) is 16.0. The fourth-order valence-electron chi connectivity index (χ4n) is 1.78. The van der Waals surface area contributed by atoms with Crippen LogP contribution in [0.2, 0.25) is 0 Å². The van der Waals surface area contributed by atoms with Gasteiger partial charge in [0.05, 0.1) is 18.4 Å². The van der Waals surface area contributed by atoms with Gasteiger partial charge in [-0.1, -0.05) is 19.8 Å². The molecular weight excluding hydrogens is 292 g/mol. The van der Waals surface area contributed by atoms with Gasteiger partial charge in [-0.25, -0.2) is 4.79 Å². The lowest BCUT2D eigenvalue weighted by atomic mass is 10.1. The number of rotatable bonds is 6. The van der Waals surface area contributed by atoms with Gasteiger partial charge in [0.15, 0.2) is 0 Å². The second-order valence-electron chi connectivity index (χ2n) is 4.13. The van der Waals surface area contributed by atoms with E-state index in [1.54, 1.807) is 13.8 Å². The minimum atomic E-state index is -3.69.